The van der Waals surface area contributed by atoms with E-state index in [9.17, 15) is 4.79 Å². The molecule has 0 aliphatic rings. The van der Waals surface area contributed by atoms with Gasteiger partial charge in [0.25, 0.3) is 0 Å². The van der Waals surface area contributed by atoms with E-state index in [1.165, 1.54) is 5.56 Å². The summed E-state index contributed by atoms with van der Waals surface area (Å²) >= 11 is 1.66. The second-order valence-corrected chi connectivity index (χ2v) is 6.34. The molecule has 5 nitrogen and oxygen atoms in total. The monoisotopic (exact) mass is 321 g/mol. The van der Waals surface area contributed by atoms with Crippen molar-refractivity contribution >= 4 is 17.4 Å². The zero-order valence-electron chi connectivity index (χ0n) is 13.4. The number of rotatable bonds is 6. The topological polar surface area (TPSA) is 57.5 Å². The Labute approximate surface area is 135 Å². The molecule has 0 aliphatic carbocycles. The third kappa shape index (κ3) is 4.35. The number of amides is 2. The molecule has 6 heteroatoms. The molecule has 2 atom stereocenters. The second-order valence-electron chi connectivity index (χ2n) is 5.56. The second kappa shape index (κ2) is 7.47. The zero-order valence-corrected chi connectivity index (χ0v) is 14.2. The molecule has 0 aliphatic heterocycles. The number of nitrogens with one attached hydrogen (secondary N) is 2. The van der Waals surface area contributed by atoms with E-state index in [4.69, 9.17) is 4.42 Å². The number of carbonyl (C=O) groups excluding carboxylic acids is 1. The van der Waals surface area contributed by atoms with Crippen LogP contribution in [0.5, 0.6) is 0 Å². The Kier molecular flexibility index (Phi) is 5.63. The van der Waals surface area contributed by atoms with Crippen molar-refractivity contribution in [2.24, 2.45) is 0 Å². The number of nitrogens with zero attached hydrogens (tertiary/aromatic N) is 1. The first-order valence-electron chi connectivity index (χ1n) is 7.26. The standard InChI is InChI=1S/C16H23N3O2S/c1-11-5-6-15(21-11)12(2)18-16(20)17-9-14(19(3)4)13-7-8-22-10-13/h5-8,10,12,14H,9H2,1-4H3,(H2,17,18,20). The van der Waals surface area contributed by atoms with E-state index in [0.29, 0.717) is 6.54 Å². The minimum Gasteiger partial charge on any atom is -0.464 e. The summed E-state index contributed by atoms with van der Waals surface area (Å²) in [4.78, 5) is 14.1. The van der Waals surface area contributed by atoms with Crippen LogP contribution >= 0.6 is 11.3 Å². The fourth-order valence-electron chi connectivity index (χ4n) is 2.26. The van der Waals surface area contributed by atoms with Gasteiger partial charge in [-0.3, -0.25) is 0 Å². The van der Waals surface area contributed by atoms with Crippen molar-refractivity contribution < 1.29 is 9.21 Å². The quantitative estimate of drug-likeness (QED) is 0.858. The first kappa shape index (κ1) is 16.6. The number of furan rings is 1. The lowest BCUT2D eigenvalue weighted by Gasteiger charge is -2.24. The molecule has 0 aromatic carbocycles. The van der Waals surface area contributed by atoms with E-state index in [1.54, 1.807) is 11.3 Å². The summed E-state index contributed by atoms with van der Waals surface area (Å²) in [6.07, 6.45) is 0. The Bertz CT molecular complexity index is 592. The highest BCUT2D eigenvalue weighted by atomic mass is 32.1. The molecule has 0 spiro atoms. The Morgan fingerprint density at radius 1 is 1.36 bits per heavy atom. The van der Waals surface area contributed by atoms with Crippen molar-refractivity contribution in [2.45, 2.75) is 25.9 Å². The van der Waals surface area contributed by atoms with Gasteiger partial charge < -0.3 is 20.0 Å². The molecule has 2 N–H and O–H groups in total. The number of urea groups is 1. The number of aryl methyl sites for hydroxylation is 1. The van der Waals surface area contributed by atoms with Crippen LogP contribution in [0.25, 0.3) is 0 Å². The number of hydrogen-bond donors (Lipinski definition) is 2. The molecular weight excluding hydrogens is 298 g/mol. The predicted molar refractivity (Wildman–Crippen MR) is 89.1 cm³/mol. The lowest BCUT2D eigenvalue weighted by Crippen LogP contribution is -2.41. The summed E-state index contributed by atoms with van der Waals surface area (Å²) in [5.74, 6) is 1.60. The maximum absolute atomic E-state index is 12.1. The van der Waals surface area contributed by atoms with Crippen LogP contribution in [0, 0.1) is 6.92 Å². The van der Waals surface area contributed by atoms with Crippen LogP contribution in [0.4, 0.5) is 4.79 Å². The van der Waals surface area contributed by atoms with Crippen molar-refractivity contribution in [1.82, 2.24) is 15.5 Å². The molecule has 0 saturated heterocycles. The normalized spacial score (nSPS) is 13.9. The molecule has 2 heterocycles. The molecular formula is C16H23N3O2S. The highest BCUT2D eigenvalue weighted by molar-refractivity contribution is 7.07. The molecule has 0 saturated carbocycles. The lowest BCUT2D eigenvalue weighted by molar-refractivity contribution is 0.228. The molecule has 0 bridgehead atoms. The number of likely N-dealkylation sites (N-methyl/N-ethyl adjacent to an activating group) is 1. The Morgan fingerprint density at radius 2 is 2.14 bits per heavy atom. The molecule has 2 unspecified atom stereocenters. The van der Waals surface area contributed by atoms with Gasteiger partial charge in [-0.15, -0.1) is 0 Å². The molecule has 0 fully saturated rings. The highest BCUT2D eigenvalue weighted by Crippen LogP contribution is 2.20. The van der Waals surface area contributed by atoms with Crippen LogP contribution in [0.1, 0.15) is 36.1 Å². The molecule has 2 aromatic heterocycles. The van der Waals surface area contributed by atoms with Crippen LogP contribution in [-0.2, 0) is 0 Å². The molecule has 2 rings (SSSR count). The van der Waals surface area contributed by atoms with Gasteiger partial charge in [-0.2, -0.15) is 11.3 Å². The van der Waals surface area contributed by atoms with Crippen molar-refractivity contribution in [1.29, 1.82) is 0 Å². The van der Waals surface area contributed by atoms with Gasteiger partial charge in [0.15, 0.2) is 0 Å². The highest BCUT2D eigenvalue weighted by Gasteiger charge is 2.17. The van der Waals surface area contributed by atoms with Crippen LogP contribution < -0.4 is 10.6 Å². The third-order valence-electron chi connectivity index (χ3n) is 3.54. The Hall–Kier alpha value is -1.79. The fraction of sp³-hybridized carbons (Fsp3) is 0.438. The molecule has 0 radical (unpaired) electrons. The number of carbonyl (C=O) groups is 1. The van der Waals surface area contributed by atoms with Gasteiger partial charge in [-0.25, -0.2) is 4.79 Å². The van der Waals surface area contributed by atoms with Gasteiger partial charge in [-0.05, 0) is 62.5 Å². The third-order valence-corrected chi connectivity index (χ3v) is 4.24. The van der Waals surface area contributed by atoms with E-state index in [0.717, 1.165) is 11.5 Å². The zero-order chi connectivity index (χ0) is 16.1. The summed E-state index contributed by atoms with van der Waals surface area (Å²) in [7, 11) is 4.02. The summed E-state index contributed by atoms with van der Waals surface area (Å²) < 4.78 is 5.52. The van der Waals surface area contributed by atoms with Crippen LogP contribution in [0.2, 0.25) is 0 Å². The van der Waals surface area contributed by atoms with Gasteiger partial charge in [0.1, 0.15) is 11.5 Å². The Morgan fingerprint density at radius 3 is 2.68 bits per heavy atom. The number of hydrogen-bond acceptors (Lipinski definition) is 4. The van der Waals surface area contributed by atoms with Crippen LogP contribution in [0.3, 0.4) is 0 Å². The summed E-state index contributed by atoms with van der Waals surface area (Å²) in [5, 5.41) is 9.98. The lowest BCUT2D eigenvalue weighted by atomic mass is 10.1. The van der Waals surface area contributed by atoms with E-state index >= 15 is 0 Å². The van der Waals surface area contributed by atoms with Crippen LogP contribution in [0.15, 0.2) is 33.4 Å². The van der Waals surface area contributed by atoms with Gasteiger partial charge in [0.05, 0.1) is 12.1 Å². The molecule has 22 heavy (non-hydrogen) atoms. The molecule has 2 amide bonds. The first-order chi connectivity index (χ1) is 10.5. The van der Waals surface area contributed by atoms with Gasteiger partial charge in [-0.1, -0.05) is 0 Å². The predicted octanol–water partition coefficient (Wildman–Crippen LogP) is 3.31. The minimum absolute atomic E-state index is 0.160. The van der Waals surface area contributed by atoms with Gasteiger partial charge in [0.2, 0.25) is 0 Å². The number of thiophene rings is 1. The average molecular weight is 321 g/mol. The maximum Gasteiger partial charge on any atom is 0.315 e. The van der Waals surface area contributed by atoms with E-state index in [1.807, 2.05) is 45.5 Å². The first-order valence-corrected chi connectivity index (χ1v) is 8.21. The van der Waals surface area contributed by atoms with Crippen molar-refractivity contribution in [3.63, 3.8) is 0 Å². The smallest absolute Gasteiger partial charge is 0.315 e. The Balaban J connectivity index is 1.86. The van der Waals surface area contributed by atoms with Crippen molar-refractivity contribution in [3.8, 4) is 0 Å². The maximum atomic E-state index is 12.1. The SMILES string of the molecule is Cc1ccc(C(C)NC(=O)NCC(c2ccsc2)N(C)C)o1. The minimum atomic E-state index is -0.191. The molecule has 120 valence electrons. The van der Waals surface area contributed by atoms with Crippen LogP contribution in [-0.4, -0.2) is 31.6 Å². The average Bonchev–Trinajstić information content (AvgIpc) is 3.10. The van der Waals surface area contributed by atoms with E-state index < -0.39 is 0 Å². The van der Waals surface area contributed by atoms with Gasteiger partial charge >= 0.3 is 6.03 Å². The largest absolute Gasteiger partial charge is 0.464 e. The molecule has 2 aromatic rings. The van der Waals surface area contributed by atoms with Crippen molar-refractivity contribution in [2.75, 3.05) is 20.6 Å². The summed E-state index contributed by atoms with van der Waals surface area (Å²) in [5.41, 5.74) is 1.21. The summed E-state index contributed by atoms with van der Waals surface area (Å²) in [6, 6.07) is 5.68. The van der Waals surface area contributed by atoms with Gasteiger partial charge in [0, 0.05) is 6.54 Å². The van der Waals surface area contributed by atoms with Crippen molar-refractivity contribution in [3.05, 3.63) is 46.0 Å². The van der Waals surface area contributed by atoms with E-state index in [-0.39, 0.29) is 18.1 Å². The summed E-state index contributed by atoms with van der Waals surface area (Å²) in [6.45, 7) is 4.35. The van der Waals surface area contributed by atoms with E-state index in [2.05, 4.69) is 27.0 Å². The fourth-order valence-corrected chi connectivity index (χ4v) is 2.96.